The Kier molecular flexibility index (Phi) is 6.33. The Morgan fingerprint density at radius 1 is 0.875 bits per heavy atom. The summed E-state index contributed by atoms with van der Waals surface area (Å²) in [6.07, 6.45) is 0. The number of ether oxygens (including phenoxy) is 2. The molecular weight excluding hydrogens is 308 g/mol. The van der Waals surface area contributed by atoms with Crippen molar-refractivity contribution in [1.29, 1.82) is 0 Å². The van der Waals surface area contributed by atoms with Crippen LogP contribution in [-0.2, 0) is 9.53 Å². The van der Waals surface area contributed by atoms with Crippen LogP contribution < -0.4 is 15.4 Å². The molecule has 0 unspecified atom stereocenters. The zero-order valence-corrected chi connectivity index (χ0v) is 13.7. The Hall–Kier alpha value is -2.86. The number of rotatable bonds is 7. The number of anilines is 2. The minimum atomic E-state index is -0.217. The third-order valence-corrected chi connectivity index (χ3v) is 3.14. The summed E-state index contributed by atoms with van der Waals surface area (Å²) in [5, 5.41) is 5.47. The van der Waals surface area contributed by atoms with Crippen LogP contribution in [0.3, 0.4) is 0 Å². The number of carbonyl (C=O) groups excluding carboxylic acids is 2. The molecule has 2 rings (SSSR count). The zero-order valence-electron chi connectivity index (χ0n) is 13.7. The molecule has 0 heterocycles. The van der Waals surface area contributed by atoms with Gasteiger partial charge in [-0.15, -0.1) is 0 Å². The molecule has 126 valence electrons. The lowest BCUT2D eigenvalue weighted by molar-refractivity contribution is -0.114. The molecule has 0 spiro atoms. The minimum absolute atomic E-state index is 0.139. The van der Waals surface area contributed by atoms with E-state index >= 15 is 0 Å². The summed E-state index contributed by atoms with van der Waals surface area (Å²) in [6, 6.07) is 13.8. The topological polar surface area (TPSA) is 76.7 Å². The predicted octanol–water partition coefficient (Wildman–Crippen LogP) is 2.92. The van der Waals surface area contributed by atoms with Gasteiger partial charge in [0.25, 0.3) is 5.91 Å². The van der Waals surface area contributed by atoms with Crippen molar-refractivity contribution in [3.63, 3.8) is 0 Å². The Labute approximate surface area is 140 Å². The monoisotopic (exact) mass is 328 g/mol. The van der Waals surface area contributed by atoms with Gasteiger partial charge in [0, 0.05) is 31.0 Å². The van der Waals surface area contributed by atoms with Gasteiger partial charge < -0.3 is 20.1 Å². The first-order valence-electron chi connectivity index (χ1n) is 7.49. The lowest BCUT2D eigenvalue weighted by Crippen LogP contribution is -2.12. The van der Waals surface area contributed by atoms with Crippen molar-refractivity contribution in [2.45, 2.75) is 6.92 Å². The third-order valence-electron chi connectivity index (χ3n) is 3.14. The van der Waals surface area contributed by atoms with Crippen molar-refractivity contribution < 1.29 is 19.1 Å². The summed E-state index contributed by atoms with van der Waals surface area (Å²) < 4.78 is 10.4. The average Bonchev–Trinajstić information content (AvgIpc) is 2.57. The van der Waals surface area contributed by atoms with Gasteiger partial charge in [-0.25, -0.2) is 0 Å². The molecule has 2 aromatic carbocycles. The number of methoxy groups -OCH3 is 1. The zero-order chi connectivity index (χ0) is 17.4. The molecule has 0 saturated carbocycles. The van der Waals surface area contributed by atoms with E-state index in [1.54, 1.807) is 55.6 Å². The molecule has 2 amide bonds. The van der Waals surface area contributed by atoms with Gasteiger partial charge in [-0.3, -0.25) is 9.59 Å². The summed E-state index contributed by atoms with van der Waals surface area (Å²) in [5.74, 6) is 0.327. The lowest BCUT2D eigenvalue weighted by Gasteiger charge is -2.08. The molecule has 2 N–H and O–H groups in total. The second kappa shape index (κ2) is 8.69. The van der Waals surface area contributed by atoms with Crippen LogP contribution >= 0.6 is 0 Å². The molecule has 24 heavy (non-hydrogen) atoms. The van der Waals surface area contributed by atoms with Gasteiger partial charge >= 0.3 is 0 Å². The number of benzene rings is 2. The molecule has 0 aromatic heterocycles. The smallest absolute Gasteiger partial charge is 0.255 e. The fourth-order valence-electron chi connectivity index (χ4n) is 1.99. The van der Waals surface area contributed by atoms with Crippen LogP contribution in [0, 0.1) is 0 Å². The van der Waals surface area contributed by atoms with Crippen molar-refractivity contribution in [2.75, 3.05) is 31.0 Å². The Balaban J connectivity index is 1.93. The molecular formula is C18H20N2O4. The van der Waals surface area contributed by atoms with Gasteiger partial charge in [0.1, 0.15) is 12.4 Å². The minimum Gasteiger partial charge on any atom is -0.491 e. The molecule has 2 aromatic rings. The first-order valence-corrected chi connectivity index (χ1v) is 7.49. The fraction of sp³-hybridized carbons (Fsp3) is 0.222. The standard InChI is InChI=1S/C18H20N2O4/c1-13(21)19-15-5-7-16(8-6-15)20-18(22)14-3-9-17(10-4-14)24-12-11-23-2/h3-10H,11-12H2,1-2H3,(H,19,21)(H,20,22). The highest BCUT2D eigenvalue weighted by Crippen LogP contribution is 2.16. The summed E-state index contributed by atoms with van der Waals surface area (Å²) in [5.41, 5.74) is 1.85. The van der Waals surface area contributed by atoms with Gasteiger partial charge in [0.15, 0.2) is 0 Å². The highest BCUT2D eigenvalue weighted by molar-refractivity contribution is 6.04. The first-order chi connectivity index (χ1) is 11.6. The van der Waals surface area contributed by atoms with Crippen LogP contribution in [0.5, 0.6) is 5.75 Å². The van der Waals surface area contributed by atoms with Crippen molar-refractivity contribution in [1.82, 2.24) is 0 Å². The lowest BCUT2D eigenvalue weighted by atomic mass is 10.2. The largest absolute Gasteiger partial charge is 0.491 e. The van der Waals surface area contributed by atoms with Crippen LogP contribution in [-0.4, -0.2) is 32.1 Å². The predicted molar refractivity (Wildman–Crippen MR) is 92.5 cm³/mol. The molecule has 0 aliphatic heterocycles. The summed E-state index contributed by atoms with van der Waals surface area (Å²) in [6.45, 7) is 2.41. The van der Waals surface area contributed by atoms with Crippen molar-refractivity contribution >= 4 is 23.2 Å². The van der Waals surface area contributed by atoms with E-state index < -0.39 is 0 Å². The van der Waals surface area contributed by atoms with E-state index in [-0.39, 0.29) is 11.8 Å². The maximum Gasteiger partial charge on any atom is 0.255 e. The second-order valence-electron chi connectivity index (χ2n) is 5.08. The van der Waals surface area contributed by atoms with Crippen LogP contribution in [0.4, 0.5) is 11.4 Å². The van der Waals surface area contributed by atoms with Crippen LogP contribution in [0.25, 0.3) is 0 Å². The number of nitrogens with one attached hydrogen (secondary N) is 2. The average molecular weight is 328 g/mol. The van der Waals surface area contributed by atoms with Gasteiger partial charge in [-0.2, -0.15) is 0 Å². The van der Waals surface area contributed by atoms with Gasteiger partial charge in [0.2, 0.25) is 5.91 Å². The van der Waals surface area contributed by atoms with Crippen LogP contribution in [0.15, 0.2) is 48.5 Å². The Morgan fingerprint density at radius 2 is 1.46 bits per heavy atom. The van der Waals surface area contributed by atoms with E-state index in [1.807, 2.05) is 0 Å². The molecule has 0 aliphatic carbocycles. The molecule has 6 heteroatoms. The van der Waals surface area contributed by atoms with Crippen molar-refractivity contribution in [2.24, 2.45) is 0 Å². The number of hydrogen-bond donors (Lipinski definition) is 2. The molecule has 0 fully saturated rings. The Bertz CT molecular complexity index is 681. The van der Waals surface area contributed by atoms with E-state index in [0.717, 1.165) is 0 Å². The van der Waals surface area contributed by atoms with E-state index in [4.69, 9.17) is 9.47 Å². The summed E-state index contributed by atoms with van der Waals surface area (Å²) in [7, 11) is 1.61. The van der Waals surface area contributed by atoms with Crippen molar-refractivity contribution in [3.05, 3.63) is 54.1 Å². The maximum atomic E-state index is 12.2. The van der Waals surface area contributed by atoms with E-state index in [9.17, 15) is 9.59 Å². The molecule has 0 atom stereocenters. The first kappa shape index (κ1) is 17.5. The molecule has 0 saturated heterocycles. The van der Waals surface area contributed by atoms with E-state index in [1.165, 1.54) is 6.92 Å². The van der Waals surface area contributed by atoms with Crippen LogP contribution in [0.1, 0.15) is 17.3 Å². The number of amides is 2. The SMILES string of the molecule is COCCOc1ccc(C(=O)Nc2ccc(NC(C)=O)cc2)cc1. The molecule has 0 aliphatic rings. The van der Waals surface area contributed by atoms with E-state index in [0.29, 0.717) is 35.9 Å². The summed E-state index contributed by atoms with van der Waals surface area (Å²) >= 11 is 0. The van der Waals surface area contributed by atoms with Crippen LogP contribution in [0.2, 0.25) is 0 Å². The highest BCUT2D eigenvalue weighted by atomic mass is 16.5. The Morgan fingerprint density at radius 3 is 2.00 bits per heavy atom. The highest BCUT2D eigenvalue weighted by Gasteiger charge is 2.06. The second-order valence-corrected chi connectivity index (χ2v) is 5.08. The fourth-order valence-corrected chi connectivity index (χ4v) is 1.99. The molecule has 0 radical (unpaired) electrons. The van der Waals surface area contributed by atoms with Crippen molar-refractivity contribution in [3.8, 4) is 5.75 Å². The van der Waals surface area contributed by atoms with Gasteiger partial charge in [-0.05, 0) is 48.5 Å². The number of carbonyl (C=O) groups is 2. The third kappa shape index (κ3) is 5.40. The summed E-state index contributed by atoms with van der Waals surface area (Å²) in [4.78, 5) is 23.2. The molecule has 0 bridgehead atoms. The van der Waals surface area contributed by atoms with Gasteiger partial charge in [-0.1, -0.05) is 0 Å². The normalized spacial score (nSPS) is 10.1. The number of hydrogen-bond acceptors (Lipinski definition) is 4. The maximum absolute atomic E-state index is 12.2. The van der Waals surface area contributed by atoms with E-state index in [2.05, 4.69) is 10.6 Å². The van der Waals surface area contributed by atoms with Gasteiger partial charge in [0.05, 0.1) is 6.61 Å². The quantitative estimate of drug-likeness (QED) is 0.766. The molecule has 6 nitrogen and oxygen atoms in total.